The number of hydrogen-bond donors (Lipinski definition) is 1. The Labute approximate surface area is 175 Å². The lowest BCUT2D eigenvalue weighted by Gasteiger charge is -2.13. The molecule has 3 aromatic rings. The summed E-state index contributed by atoms with van der Waals surface area (Å²) in [6.07, 6.45) is 6.76. The molecule has 1 aliphatic heterocycles. The number of hydrogen-bond acceptors (Lipinski definition) is 5. The Morgan fingerprint density at radius 1 is 1.13 bits per heavy atom. The number of fused-ring (bicyclic) bond motifs is 1. The Hall–Kier alpha value is -3.22. The van der Waals surface area contributed by atoms with E-state index in [4.69, 9.17) is 9.84 Å². The van der Waals surface area contributed by atoms with Gasteiger partial charge in [0.1, 0.15) is 0 Å². The zero-order chi connectivity index (χ0) is 20.7. The van der Waals surface area contributed by atoms with Crippen LogP contribution in [0, 0.1) is 0 Å². The van der Waals surface area contributed by atoms with Gasteiger partial charge >= 0.3 is 0 Å². The molecule has 1 aliphatic carbocycles. The minimum Gasteiger partial charge on any atom is -0.475 e. The normalized spacial score (nSPS) is 17.8. The van der Waals surface area contributed by atoms with Crippen molar-refractivity contribution in [2.75, 3.05) is 0 Å². The minimum absolute atomic E-state index is 0.00651. The SMILES string of the molecule is CC(C)Oc1cc(C(=O)NC2CCn3nc(-c4ccnc(C5CC5)c4)cc32)ccn1. The summed E-state index contributed by atoms with van der Waals surface area (Å²) in [5.41, 5.74) is 4.76. The van der Waals surface area contributed by atoms with Crippen LogP contribution in [0.3, 0.4) is 0 Å². The van der Waals surface area contributed by atoms with Gasteiger partial charge in [0.15, 0.2) is 0 Å². The standard InChI is InChI=1S/C23H25N5O2/c1-14(2)30-22-12-17(6-9-25-22)23(29)26-18-7-10-28-21(18)13-20(27-28)16-5-8-24-19(11-16)15-3-4-15/h5-6,8-9,11-15,18H,3-4,7,10H2,1-2H3,(H,26,29). The number of aryl methyl sites for hydroxylation is 1. The van der Waals surface area contributed by atoms with Crippen molar-refractivity contribution in [1.29, 1.82) is 0 Å². The van der Waals surface area contributed by atoms with Gasteiger partial charge in [0.05, 0.1) is 23.5 Å². The number of aromatic nitrogens is 4. The fourth-order valence-corrected chi connectivity index (χ4v) is 3.89. The highest BCUT2D eigenvalue weighted by atomic mass is 16.5. The van der Waals surface area contributed by atoms with Crippen molar-refractivity contribution >= 4 is 5.91 Å². The average molecular weight is 403 g/mol. The predicted molar refractivity (Wildman–Crippen MR) is 112 cm³/mol. The number of carbonyl (C=O) groups excluding carboxylic acids is 1. The molecule has 7 heteroatoms. The molecule has 1 amide bonds. The quantitative estimate of drug-likeness (QED) is 0.675. The molecule has 1 atom stereocenters. The first-order valence-electron chi connectivity index (χ1n) is 10.5. The van der Waals surface area contributed by atoms with Crippen LogP contribution in [0.2, 0.25) is 0 Å². The van der Waals surface area contributed by atoms with Gasteiger partial charge in [-0.2, -0.15) is 5.10 Å². The molecular formula is C23H25N5O2. The summed E-state index contributed by atoms with van der Waals surface area (Å²) < 4.78 is 7.60. The monoisotopic (exact) mass is 403 g/mol. The Morgan fingerprint density at radius 3 is 2.77 bits per heavy atom. The number of pyridine rings is 2. The van der Waals surface area contributed by atoms with Crippen LogP contribution < -0.4 is 10.1 Å². The van der Waals surface area contributed by atoms with Crippen molar-refractivity contribution in [1.82, 2.24) is 25.1 Å². The van der Waals surface area contributed by atoms with Crippen molar-refractivity contribution in [3.8, 4) is 17.1 Å². The van der Waals surface area contributed by atoms with Crippen LogP contribution in [0.5, 0.6) is 5.88 Å². The molecule has 1 saturated carbocycles. The highest BCUT2D eigenvalue weighted by molar-refractivity contribution is 5.94. The summed E-state index contributed by atoms with van der Waals surface area (Å²) in [4.78, 5) is 21.5. The molecular weight excluding hydrogens is 378 g/mol. The molecule has 30 heavy (non-hydrogen) atoms. The first-order chi connectivity index (χ1) is 14.6. The summed E-state index contributed by atoms with van der Waals surface area (Å²) in [5, 5.41) is 7.91. The number of ether oxygens (including phenoxy) is 1. The molecule has 0 bridgehead atoms. The number of nitrogens with one attached hydrogen (secondary N) is 1. The fraction of sp³-hybridized carbons (Fsp3) is 0.391. The van der Waals surface area contributed by atoms with E-state index in [0.29, 0.717) is 17.4 Å². The molecule has 3 aromatic heterocycles. The zero-order valence-electron chi connectivity index (χ0n) is 17.2. The van der Waals surface area contributed by atoms with Gasteiger partial charge in [0.25, 0.3) is 5.91 Å². The average Bonchev–Trinajstić information content (AvgIpc) is 3.40. The van der Waals surface area contributed by atoms with Gasteiger partial charge in [-0.1, -0.05) is 0 Å². The largest absolute Gasteiger partial charge is 0.475 e. The van der Waals surface area contributed by atoms with E-state index in [9.17, 15) is 4.79 Å². The Balaban J connectivity index is 1.33. The summed E-state index contributed by atoms with van der Waals surface area (Å²) in [5.74, 6) is 0.934. The van der Waals surface area contributed by atoms with Crippen molar-refractivity contribution in [3.05, 3.63) is 59.7 Å². The second-order valence-electron chi connectivity index (χ2n) is 8.29. The number of amides is 1. The van der Waals surface area contributed by atoms with E-state index in [-0.39, 0.29) is 18.1 Å². The minimum atomic E-state index is -0.132. The number of rotatable bonds is 6. The van der Waals surface area contributed by atoms with Crippen LogP contribution >= 0.6 is 0 Å². The molecule has 0 radical (unpaired) electrons. The van der Waals surface area contributed by atoms with Crippen molar-refractivity contribution in [2.45, 2.75) is 57.7 Å². The maximum Gasteiger partial charge on any atom is 0.252 e. The summed E-state index contributed by atoms with van der Waals surface area (Å²) in [6.45, 7) is 4.66. The molecule has 154 valence electrons. The Bertz CT molecular complexity index is 1090. The van der Waals surface area contributed by atoms with Gasteiger partial charge in [-0.3, -0.25) is 14.5 Å². The topological polar surface area (TPSA) is 81.9 Å². The van der Waals surface area contributed by atoms with Crippen LogP contribution in [-0.4, -0.2) is 31.8 Å². The van der Waals surface area contributed by atoms with E-state index >= 15 is 0 Å². The second kappa shape index (κ2) is 7.55. The van der Waals surface area contributed by atoms with E-state index in [0.717, 1.165) is 35.6 Å². The fourth-order valence-electron chi connectivity index (χ4n) is 3.89. The van der Waals surface area contributed by atoms with Crippen molar-refractivity contribution in [3.63, 3.8) is 0 Å². The molecule has 0 spiro atoms. The highest BCUT2D eigenvalue weighted by Gasteiger charge is 2.28. The van der Waals surface area contributed by atoms with Crippen LogP contribution in [0.25, 0.3) is 11.3 Å². The lowest BCUT2D eigenvalue weighted by atomic mass is 10.1. The maximum atomic E-state index is 12.8. The van der Waals surface area contributed by atoms with Gasteiger partial charge in [0, 0.05) is 47.7 Å². The van der Waals surface area contributed by atoms with Crippen LogP contribution in [0.1, 0.15) is 66.8 Å². The molecule has 2 aliphatic rings. The third-order valence-electron chi connectivity index (χ3n) is 5.53. The molecule has 0 aromatic carbocycles. The third kappa shape index (κ3) is 3.79. The van der Waals surface area contributed by atoms with Crippen molar-refractivity contribution < 1.29 is 9.53 Å². The molecule has 1 fully saturated rings. The van der Waals surface area contributed by atoms with Gasteiger partial charge in [0.2, 0.25) is 5.88 Å². The first kappa shape index (κ1) is 18.8. The zero-order valence-corrected chi connectivity index (χ0v) is 17.2. The van der Waals surface area contributed by atoms with Crippen LogP contribution in [0.4, 0.5) is 0 Å². The van der Waals surface area contributed by atoms with Crippen LogP contribution in [-0.2, 0) is 6.54 Å². The van der Waals surface area contributed by atoms with E-state index in [1.807, 2.05) is 30.8 Å². The Kier molecular flexibility index (Phi) is 4.73. The van der Waals surface area contributed by atoms with E-state index in [1.165, 1.54) is 12.8 Å². The van der Waals surface area contributed by atoms with Gasteiger partial charge in [-0.05, 0) is 57.4 Å². The molecule has 5 rings (SSSR count). The highest BCUT2D eigenvalue weighted by Crippen LogP contribution is 2.40. The first-order valence-corrected chi connectivity index (χ1v) is 10.5. The lowest BCUT2D eigenvalue weighted by Crippen LogP contribution is -2.27. The maximum absolute atomic E-state index is 12.8. The number of carbonyl (C=O) groups is 1. The van der Waals surface area contributed by atoms with Gasteiger partial charge in [-0.15, -0.1) is 0 Å². The summed E-state index contributed by atoms with van der Waals surface area (Å²) >= 11 is 0. The second-order valence-corrected chi connectivity index (χ2v) is 8.29. The van der Waals surface area contributed by atoms with E-state index < -0.39 is 0 Å². The molecule has 1 N–H and O–H groups in total. The summed E-state index contributed by atoms with van der Waals surface area (Å²) in [7, 11) is 0. The molecule has 4 heterocycles. The number of nitrogens with zero attached hydrogens (tertiary/aromatic N) is 4. The predicted octanol–water partition coefficient (Wildman–Crippen LogP) is 3.88. The van der Waals surface area contributed by atoms with Crippen LogP contribution in [0.15, 0.2) is 42.7 Å². The Morgan fingerprint density at radius 2 is 1.97 bits per heavy atom. The lowest BCUT2D eigenvalue weighted by molar-refractivity contribution is 0.0935. The molecule has 1 unspecified atom stereocenters. The van der Waals surface area contributed by atoms with Gasteiger partial charge < -0.3 is 10.1 Å². The molecule has 0 saturated heterocycles. The van der Waals surface area contributed by atoms with E-state index in [2.05, 4.69) is 27.4 Å². The third-order valence-corrected chi connectivity index (χ3v) is 5.53. The van der Waals surface area contributed by atoms with E-state index in [1.54, 1.807) is 18.3 Å². The van der Waals surface area contributed by atoms with Crippen molar-refractivity contribution in [2.24, 2.45) is 0 Å². The molecule has 7 nitrogen and oxygen atoms in total. The summed E-state index contributed by atoms with van der Waals surface area (Å²) in [6, 6.07) is 9.57. The smallest absolute Gasteiger partial charge is 0.252 e. The van der Waals surface area contributed by atoms with Gasteiger partial charge in [-0.25, -0.2) is 4.98 Å².